The van der Waals surface area contributed by atoms with Gasteiger partial charge in [-0.3, -0.25) is 14.9 Å². The van der Waals surface area contributed by atoms with Crippen LogP contribution in [-0.2, 0) is 4.79 Å². The van der Waals surface area contributed by atoms with E-state index in [9.17, 15) is 23.2 Å². The summed E-state index contributed by atoms with van der Waals surface area (Å²) in [4.78, 5) is 40.2. The van der Waals surface area contributed by atoms with E-state index in [-0.39, 0.29) is 18.7 Å². The number of Topliss-reactive ketones (excluding diaryl/α,β-unsaturated/α-hetero) is 1. The molecule has 0 fully saturated rings. The lowest BCUT2D eigenvalue weighted by molar-refractivity contribution is -0.121. The van der Waals surface area contributed by atoms with Crippen LogP contribution in [0.15, 0.2) is 24.3 Å². The summed E-state index contributed by atoms with van der Waals surface area (Å²) in [5, 5.41) is 7.50. The van der Waals surface area contributed by atoms with E-state index in [1.165, 1.54) is 11.3 Å². The summed E-state index contributed by atoms with van der Waals surface area (Å²) in [6, 6.07) is 6.66. The monoisotopic (exact) mass is 424 g/mol. The zero-order valence-electron chi connectivity index (χ0n) is 16.1. The molecule has 7 nitrogen and oxygen atoms in total. The SMILES string of the molecule is CCC(=O)c1ccc(-c2sc(NC(=O)NCCC(=O)NCC(F)F)nc2C)cc1. The van der Waals surface area contributed by atoms with Crippen LogP contribution < -0.4 is 16.0 Å². The number of carbonyl (C=O) groups is 3. The van der Waals surface area contributed by atoms with Gasteiger partial charge in [0, 0.05) is 24.9 Å². The fourth-order valence-corrected chi connectivity index (χ4v) is 3.41. The Hall–Kier alpha value is -2.88. The van der Waals surface area contributed by atoms with Crippen LogP contribution in [0.1, 0.15) is 35.8 Å². The second kappa shape index (κ2) is 10.6. The zero-order valence-corrected chi connectivity index (χ0v) is 16.9. The first-order chi connectivity index (χ1) is 13.8. The maximum absolute atomic E-state index is 12.0. The number of anilines is 1. The van der Waals surface area contributed by atoms with Crippen molar-refractivity contribution in [2.45, 2.75) is 33.1 Å². The summed E-state index contributed by atoms with van der Waals surface area (Å²) >= 11 is 1.28. The van der Waals surface area contributed by atoms with Crippen LogP contribution in [0.3, 0.4) is 0 Å². The minimum atomic E-state index is -2.61. The second-order valence-electron chi connectivity index (χ2n) is 6.11. The molecule has 0 saturated heterocycles. The number of urea groups is 1. The second-order valence-corrected chi connectivity index (χ2v) is 7.11. The minimum Gasteiger partial charge on any atom is -0.350 e. The van der Waals surface area contributed by atoms with E-state index in [0.717, 1.165) is 16.1 Å². The zero-order chi connectivity index (χ0) is 21.4. The van der Waals surface area contributed by atoms with Gasteiger partial charge in [0.15, 0.2) is 10.9 Å². The molecule has 156 valence electrons. The van der Waals surface area contributed by atoms with Crippen molar-refractivity contribution >= 4 is 34.2 Å². The van der Waals surface area contributed by atoms with E-state index in [0.29, 0.717) is 17.1 Å². The van der Waals surface area contributed by atoms with Gasteiger partial charge in [0.2, 0.25) is 5.91 Å². The molecule has 10 heteroatoms. The predicted octanol–water partition coefficient (Wildman–Crippen LogP) is 3.60. The third-order valence-electron chi connectivity index (χ3n) is 3.90. The van der Waals surface area contributed by atoms with Crippen molar-refractivity contribution in [3.8, 4) is 10.4 Å². The first-order valence-corrected chi connectivity index (χ1v) is 9.82. The van der Waals surface area contributed by atoms with Crippen LogP contribution in [0.4, 0.5) is 18.7 Å². The van der Waals surface area contributed by atoms with E-state index in [2.05, 4.69) is 20.9 Å². The van der Waals surface area contributed by atoms with Crippen LogP contribution in [0.2, 0.25) is 0 Å². The Kier molecular flexibility index (Phi) is 8.20. The number of carbonyl (C=O) groups excluding carboxylic acids is 3. The number of hydrogen-bond acceptors (Lipinski definition) is 5. The molecule has 0 bridgehead atoms. The first kappa shape index (κ1) is 22.4. The van der Waals surface area contributed by atoms with Gasteiger partial charge in [-0.15, -0.1) is 0 Å². The fraction of sp³-hybridized carbons (Fsp3) is 0.368. The maximum Gasteiger partial charge on any atom is 0.321 e. The number of hydrogen-bond donors (Lipinski definition) is 3. The molecular weight excluding hydrogens is 402 g/mol. The largest absolute Gasteiger partial charge is 0.350 e. The fourth-order valence-electron chi connectivity index (χ4n) is 2.44. The summed E-state index contributed by atoms with van der Waals surface area (Å²) in [5.41, 5.74) is 2.26. The lowest BCUT2D eigenvalue weighted by Crippen LogP contribution is -2.34. The van der Waals surface area contributed by atoms with Gasteiger partial charge in [-0.05, 0) is 12.5 Å². The highest BCUT2D eigenvalue weighted by Gasteiger charge is 2.13. The summed E-state index contributed by atoms with van der Waals surface area (Å²) in [6.45, 7) is 2.92. The lowest BCUT2D eigenvalue weighted by atomic mass is 10.1. The van der Waals surface area contributed by atoms with E-state index < -0.39 is 24.9 Å². The van der Waals surface area contributed by atoms with Crippen LogP contribution in [0, 0.1) is 6.92 Å². The van der Waals surface area contributed by atoms with Gasteiger partial charge < -0.3 is 10.6 Å². The van der Waals surface area contributed by atoms with Crippen molar-refractivity contribution in [1.29, 1.82) is 0 Å². The standard InChI is InChI=1S/C19H22F2N4O3S/c1-3-14(26)12-4-6-13(7-5-12)17-11(2)24-19(29-17)25-18(28)22-9-8-16(27)23-10-15(20)21/h4-7,15H,3,8-10H2,1-2H3,(H,23,27)(H2,22,24,25,28). The van der Waals surface area contributed by atoms with E-state index in [4.69, 9.17) is 0 Å². The highest BCUT2D eigenvalue weighted by Crippen LogP contribution is 2.32. The number of amides is 3. The van der Waals surface area contributed by atoms with Crippen LogP contribution >= 0.6 is 11.3 Å². The average molecular weight is 424 g/mol. The topological polar surface area (TPSA) is 100 Å². The number of rotatable bonds is 9. The summed E-state index contributed by atoms with van der Waals surface area (Å²) in [7, 11) is 0. The van der Waals surface area contributed by atoms with Gasteiger partial charge in [-0.25, -0.2) is 18.6 Å². The van der Waals surface area contributed by atoms with E-state index in [1.54, 1.807) is 12.1 Å². The van der Waals surface area contributed by atoms with E-state index in [1.807, 2.05) is 26.0 Å². The number of nitrogens with zero attached hydrogens (tertiary/aromatic N) is 1. The molecular formula is C19H22F2N4O3S. The van der Waals surface area contributed by atoms with Crippen molar-refractivity contribution in [2.75, 3.05) is 18.4 Å². The molecule has 3 N–H and O–H groups in total. The Morgan fingerprint density at radius 2 is 1.83 bits per heavy atom. The van der Waals surface area contributed by atoms with Crippen molar-refractivity contribution in [3.63, 3.8) is 0 Å². The average Bonchev–Trinajstić information content (AvgIpc) is 3.05. The number of aromatic nitrogens is 1. The Morgan fingerprint density at radius 3 is 2.45 bits per heavy atom. The number of ketones is 1. The van der Waals surface area contributed by atoms with Crippen LogP contribution in [0.25, 0.3) is 10.4 Å². The van der Waals surface area contributed by atoms with Crippen molar-refractivity contribution in [1.82, 2.24) is 15.6 Å². The number of thiazole rings is 1. The molecule has 2 aromatic rings. The predicted molar refractivity (Wildman–Crippen MR) is 108 cm³/mol. The quantitative estimate of drug-likeness (QED) is 0.536. The number of nitrogens with one attached hydrogen (secondary N) is 3. The highest BCUT2D eigenvalue weighted by atomic mass is 32.1. The highest BCUT2D eigenvalue weighted by molar-refractivity contribution is 7.19. The maximum atomic E-state index is 12.0. The number of halogens is 2. The third-order valence-corrected chi connectivity index (χ3v) is 5.02. The van der Waals surface area contributed by atoms with Crippen LogP contribution in [-0.4, -0.2) is 42.2 Å². The van der Waals surface area contributed by atoms with Gasteiger partial charge in [-0.1, -0.05) is 42.5 Å². The number of alkyl halides is 2. The lowest BCUT2D eigenvalue weighted by Gasteiger charge is -2.06. The van der Waals surface area contributed by atoms with Gasteiger partial charge in [0.05, 0.1) is 17.1 Å². The summed E-state index contributed by atoms with van der Waals surface area (Å²) in [5.74, 6) is -0.498. The van der Waals surface area contributed by atoms with Crippen LogP contribution in [0.5, 0.6) is 0 Å². The smallest absolute Gasteiger partial charge is 0.321 e. The molecule has 3 amide bonds. The molecule has 0 aliphatic carbocycles. The van der Waals surface area contributed by atoms with Crippen molar-refractivity contribution in [2.24, 2.45) is 0 Å². The molecule has 0 aliphatic heterocycles. The first-order valence-electron chi connectivity index (χ1n) is 9.01. The molecule has 0 spiro atoms. The molecule has 29 heavy (non-hydrogen) atoms. The van der Waals surface area contributed by atoms with Gasteiger partial charge in [0.25, 0.3) is 6.43 Å². The molecule has 1 aromatic heterocycles. The number of aryl methyl sites for hydroxylation is 1. The molecule has 0 aliphatic rings. The normalized spacial score (nSPS) is 10.7. The third kappa shape index (κ3) is 6.90. The van der Waals surface area contributed by atoms with Crippen molar-refractivity contribution < 1.29 is 23.2 Å². The minimum absolute atomic E-state index is 0.00500. The van der Waals surface area contributed by atoms with Gasteiger partial charge in [-0.2, -0.15) is 0 Å². The molecule has 0 atom stereocenters. The molecule has 2 rings (SSSR count). The molecule has 1 aromatic carbocycles. The van der Waals surface area contributed by atoms with Gasteiger partial charge in [0.1, 0.15) is 0 Å². The summed E-state index contributed by atoms with van der Waals surface area (Å²) in [6.07, 6.45) is -2.28. The molecule has 0 saturated carbocycles. The van der Waals surface area contributed by atoms with E-state index >= 15 is 0 Å². The molecule has 0 radical (unpaired) electrons. The Bertz CT molecular complexity index is 869. The molecule has 1 heterocycles. The Labute approximate surface area is 170 Å². The Balaban J connectivity index is 1.89. The number of benzene rings is 1. The van der Waals surface area contributed by atoms with Crippen molar-refractivity contribution in [3.05, 3.63) is 35.5 Å². The summed E-state index contributed by atoms with van der Waals surface area (Å²) < 4.78 is 24.0. The Morgan fingerprint density at radius 1 is 1.14 bits per heavy atom. The van der Waals surface area contributed by atoms with Gasteiger partial charge >= 0.3 is 6.03 Å². The molecule has 0 unspecified atom stereocenters.